The van der Waals surface area contributed by atoms with Gasteiger partial charge in [0.05, 0.1) is 11.1 Å². The Bertz CT molecular complexity index is 1230. The fourth-order valence-corrected chi connectivity index (χ4v) is 5.82. The summed E-state index contributed by atoms with van der Waals surface area (Å²) in [6, 6.07) is 11.7. The molecule has 228 valence electrons. The first-order valence-electron chi connectivity index (χ1n) is 16.5. The van der Waals surface area contributed by atoms with E-state index in [1.807, 2.05) is 36.4 Å². The Balaban J connectivity index is 1.62. The molecule has 0 unspecified atom stereocenters. The number of ether oxygens (including phenoxy) is 2. The highest BCUT2D eigenvalue weighted by Crippen LogP contribution is 2.42. The topological polar surface area (TPSA) is 59.1 Å². The molecular weight excluding hydrogens is 524 g/mol. The summed E-state index contributed by atoms with van der Waals surface area (Å²) < 4.78 is 11.9. The van der Waals surface area contributed by atoms with Gasteiger partial charge in [-0.1, -0.05) is 79.1 Å². The van der Waals surface area contributed by atoms with E-state index in [4.69, 9.17) is 9.47 Å². The van der Waals surface area contributed by atoms with Crippen LogP contribution in [-0.4, -0.2) is 37.9 Å². The third-order valence-electron chi connectivity index (χ3n) is 8.35. The molecule has 2 heterocycles. The number of rotatable bonds is 18. The van der Waals surface area contributed by atoms with E-state index in [2.05, 4.69) is 37.5 Å². The number of hydrogen-bond donors (Lipinski definition) is 0. The van der Waals surface area contributed by atoms with Crippen LogP contribution < -0.4 is 14.5 Å². The van der Waals surface area contributed by atoms with Gasteiger partial charge in [0.15, 0.2) is 5.76 Å². The molecule has 0 aliphatic carbocycles. The van der Waals surface area contributed by atoms with Gasteiger partial charge in [-0.05, 0) is 56.0 Å². The third kappa shape index (κ3) is 7.56. The first-order valence-corrected chi connectivity index (χ1v) is 16.5. The smallest absolute Gasteiger partial charge is 0.344 e. The second-order valence-corrected chi connectivity index (χ2v) is 11.7. The lowest BCUT2D eigenvalue weighted by Gasteiger charge is -2.25. The third-order valence-corrected chi connectivity index (χ3v) is 8.35. The second-order valence-electron chi connectivity index (χ2n) is 11.7. The van der Waals surface area contributed by atoms with Crippen LogP contribution in [0.2, 0.25) is 0 Å². The summed E-state index contributed by atoms with van der Waals surface area (Å²) in [6.07, 6.45) is 14.0. The van der Waals surface area contributed by atoms with E-state index in [-0.39, 0.29) is 17.3 Å². The van der Waals surface area contributed by atoms with Crippen LogP contribution in [0.5, 0.6) is 5.75 Å². The van der Waals surface area contributed by atoms with Crippen LogP contribution in [0.25, 0.3) is 5.76 Å². The lowest BCUT2D eigenvalue weighted by atomic mass is 10.0. The number of allylic oxidation sites excluding steroid dienone is 1. The standard InChI is InChI=1S/C36H50N2O4/c1-5-9-13-21-37(22-14-10-6-2)27-17-19-29-31(25-27)34(42-36(29)40)35-33(39)30-20-18-28(26-32(30)41-35)38(23-15-11-7-3)24-16-12-8-4/h17-20,25-26H,5-16,21-24H2,1-4H3. The number of carbonyl (C=O) groups is 2. The van der Waals surface area contributed by atoms with Crippen molar-refractivity contribution in [3.63, 3.8) is 0 Å². The molecule has 0 saturated heterocycles. The molecular formula is C36H50N2O4. The molecule has 0 saturated carbocycles. The van der Waals surface area contributed by atoms with Crippen molar-refractivity contribution in [3.05, 3.63) is 58.8 Å². The van der Waals surface area contributed by atoms with Gasteiger partial charge in [0.2, 0.25) is 11.5 Å². The summed E-state index contributed by atoms with van der Waals surface area (Å²) >= 11 is 0. The van der Waals surface area contributed by atoms with Crippen molar-refractivity contribution < 1.29 is 19.1 Å². The Morgan fingerprint density at radius 1 is 0.524 bits per heavy atom. The van der Waals surface area contributed by atoms with E-state index < -0.39 is 5.97 Å². The van der Waals surface area contributed by atoms with Gasteiger partial charge in [-0.2, -0.15) is 0 Å². The lowest BCUT2D eigenvalue weighted by molar-refractivity contribution is 0.0710. The summed E-state index contributed by atoms with van der Waals surface area (Å²) in [7, 11) is 0. The minimum Gasteiger partial charge on any atom is -0.448 e. The summed E-state index contributed by atoms with van der Waals surface area (Å²) in [5, 5.41) is 0. The summed E-state index contributed by atoms with van der Waals surface area (Å²) in [6.45, 7) is 12.8. The van der Waals surface area contributed by atoms with E-state index in [9.17, 15) is 9.59 Å². The van der Waals surface area contributed by atoms with Crippen LogP contribution in [0.15, 0.2) is 42.2 Å². The number of Topliss-reactive ketones (excluding diaryl/α,β-unsaturated/α-hetero) is 1. The number of hydrogen-bond acceptors (Lipinski definition) is 6. The summed E-state index contributed by atoms with van der Waals surface area (Å²) in [4.78, 5) is 31.3. The van der Waals surface area contributed by atoms with E-state index in [1.165, 1.54) is 51.4 Å². The van der Waals surface area contributed by atoms with Crippen molar-refractivity contribution >= 4 is 28.9 Å². The van der Waals surface area contributed by atoms with Crippen LogP contribution >= 0.6 is 0 Å². The van der Waals surface area contributed by atoms with Gasteiger partial charge in [-0.3, -0.25) is 4.79 Å². The van der Waals surface area contributed by atoms with Gasteiger partial charge in [0.1, 0.15) is 5.75 Å². The molecule has 0 spiro atoms. The average molecular weight is 575 g/mol. The highest BCUT2D eigenvalue weighted by Gasteiger charge is 2.38. The SMILES string of the molecule is CCCCCN(CCCCC)c1ccc2c(c1)OC(=C1OC(=O)c3ccc(N(CCCCC)CCCCC)cc31)C2=O. The number of benzene rings is 2. The predicted octanol–water partition coefficient (Wildman–Crippen LogP) is 9.17. The Morgan fingerprint density at radius 2 is 1.00 bits per heavy atom. The van der Waals surface area contributed by atoms with Gasteiger partial charge in [-0.25, -0.2) is 4.79 Å². The van der Waals surface area contributed by atoms with Gasteiger partial charge < -0.3 is 19.3 Å². The Morgan fingerprint density at radius 3 is 1.50 bits per heavy atom. The van der Waals surface area contributed by atoms with E-state index in [0.29, 0.717) is 22.4 Å². The molecule has 42 heavy (non-hydrogen) atoms. The molecule has 0 radical (unpaired) electrons. The van der Waals surface area contributed by atoms with E-state index >= 15 is 0 Å². The van der Waals surface area contributed by atoms with Gasteiger partial charge in [0, 0.05) is 49.2 Å². The highest BCUT2D eigenvalue weighted by molar-refractivity contribution is 6.18. The minimum atomic E-state index is -0.436. The molecule has 6 nitrogen and oxygen atoms in total. The average Bonchev–Trinajstić information content (AvgIpc) is 3.50. The van der Waals surface area contributed by atoms with Crippen molar-refractivity contribution in [2.75, 3.05) is 36.0 Å². The number of ketones is 1. The van der Waals surface area contributed by atoms with Gasteiger partial charge in [-0.15, -0.1) is 0 Å². The van der Waals surface area contributed by atoms with Crippen LogP contribution in [0.4, 0.5) is 11.4 Å². The van der Waals surface area contributed by atoms with Crippen LogP contribution in [-0.2, 0) is 4.74 Å². The number of carbonyl (C=O) groups excluding carboxylic acids is 2. The molecule has 0 atom stereocenters. The Hall–Kier alpha value is -3.28. The molecule has 2 aliphatic rings. The molecule has 2 aliphatic heterocycles. The van der Waals surface area contributed by atoms with Crippen molar-refractivity contribution in [1.29, 1.82) is 0 Å². The van der Waals surface area contributed by atoms with Crippen molar-refractivity contribution in [2.45, 2.75) is 105 Å². The Labute approximate surface area is 253 Å². The molecule has 0 fully saturated rings. The number of anilines is 2. The molecule has 2 aromatic carbocycles. The Kier molecular flexibility index (Phi) is 11.9. The molecule has 2 aromatic rings. The fourth-order valence-electron chi connectivity index (χ4n) is 5.82. The molecule has 0 N–H and O–H groups in total. The molecule has 4 rings (SSSR count). The largest absolute Gasteiger partial charge is 0.448 e. The van der Waals surface area contributed by atoms with Crippen LogP contribution in [0, 0.1) is 0 Å². The van der Waals surface area contributed by atoms with Crippen LogP contribution in [0.3, 0.4) is 0 Å². The number of fused-ring (bicyclic) bond motifs is 2. The van der Waals surface area contributed by atoms with E-state index in [1.54, 1.807) is 0 Å². The monoisotopic (exact) mass is 574 g/mol. The number of esters is 1. The van der Waals surface area contributed by atoms with Gasteiger partial charge >= 0.3 is 5.97 Å². The second kappa shape index (κ2) is 15.8. The zero-order valence-electron chi connectivity index (χ0n) is 26.3. The van der Waals surface area contributed by atoms with Crippen molar-refractivity contribution in [1.82, 2.24) is 0 Å². The first kappa shape index (κ1) is 31.7. The maximum absolute atomic E-state index is 13.6. The van der Waals surface area contributed by atoms with Gasteiger partial charge in [0.25, 0.3) is 0 Å². The zero-order chi connectivity index (χ0) is 29.9. The quantitative estimate of drug-likeness (QED) is 0.100. The maximum Gasteiger partial charge on any atom is 0.344 e. The van der Waals surface area contributed by atoms with Crippen molar-refractivity contribution in [3.8, 4) is 5.75 Å². The molecule has 0 aromatic heterocycles. The highest BCUT2D eigenvalue weighted by atomic mass is 16.6. The zero-order valence-corrected chi connectivity index (χ0v) is 26.3. The number of nitrogens with zero attached hydrogens (tertiary/aromatic N) is 2. The molecule has 6 heteroatoms. The predicted molar refractivity (Wildman–Crippen MR) is 173 cm³/mol. The first-order chi connectivity index (χ1) is 20.5. The fraction of sp³-hybridized carbons (Fsp3) is 0.556. The summed E-state index contributed by atoms with van der Waals surface area (Å²) in [5.74, 6) is 0.220. The number of cyclic esters (lactones) is 1. The molecule has 0 amide bonds. The maximum atomic E-state index is 13.6. The van der Waals surface area contributed by atoms with Crippen molar-refractivity contribution in [2.24, 2.45) is 0 Å². The van der Waals surface area contributed by atoms with E-state index in [0.717, 1.165) is 63.2 Å². The minimum absolute atomic E-state index is 0.110. The van der Waals surface area contributed by atoms with Crippen LogP contribution in [0.1, 0.15) is 131 Å². The summed E-state index contributed by atoms with van der Waals surface area (Å²) in [5.41, 5.74) is 3.77. The molecule has 0 bridgehead atoms. The lowest BCUT2D eigenvalue weighted by Crippen LogP contribution is -2.25. The normalized spacial score (nSPS) is 15.4. The number of unbranched alkanes of at least 4 members (excludes halogenated alkanes) is 8.